The smallest absolute Gasteiger partial charge is 0.345 e. The number of carbonyl (C=O) groups is 1. The number of fused-ring (bicyclic) bond motifs is 1. The number of nitrogens with one attached hydrogen (secondary N) is 2. The fourth-order valence-corrected chi connectivity index (χ4v) is 2.75. The van der Waals surface area contributed by atoms with Crippen LogP contribution in [0.2, 0.25) is 5.02 Å². The second-order valence-corrected chi connectivity index (χ2v) is 6.67. The zero-order chi connectivity index (χ0) is 21.3. The first-order valence-corrected chi connectivity index (χ1v) is 8.67. The minimum atomic E-state index is -4.55. The van der Waals surface area contributed by atoms with E-state index in [1.165, 1.54) is 20.2 Å². The third-order valence-corrected chi connectivity index (χ3v) is 4.43. The Bertz CT molecular complexity index is 1050. The van der Waals surface area contributed by atoms with Crippen LogP contribution in [0.1, 0.15) is 6.92 Å². The number of hydrogen-bond acceptors (Lipinski definition) is 5. The van der Waals surface area contributed by atoms with E-state index in [0.717, 1.165) is 11.1 Å². The second kappa shape index (κ2) is 7.82. The van der Waals surface area contributed by atoms with Crippen LogP contribution in [0, 0.1) is 5.82 Å². The molecule has 0 radical (unpaired) electrons. The molecular weight excluding hydrogens is 416 g/mol. The molecule has 0 aliphatic carbocycles. The molecule has 0 aliphatic rings. The molecule has 154 valence electrons. The van der Waals surface area contributed by atoms with Gasteiger partial charge in [-0.25, -0.2) is 19.3 Å². The number of pyridine rings is 1. The minimum absolute atomic E-state index is 0.131. The van der Waals surface area contributed by atoms with Gasteiger partial charge in [-0.2, -0.15) is 13.2 Å². The van der Waals surface area contributed by atoms with Gasteiger partial charge in [0, 0.05) is 30.4 Å². The number of hydrogen-bond donors (Lipinski definition) is 2. The molecule has 2 N–H and O–H groups in total. The summed E-state index contributed by atoms with van der Waals surface area (Å²) >= 11 is 5.97. The molecule has 1 atom stereocenters. The Kier molecular flexibility index (Phi) is 5.60. The normalized spacial score (nSPS) is 12.8. The highest BCUT2D eigenvalue weighted by Gasteiger charge is 2.30. The fraction of sp³-hybridized carbons (Fsp3) is 0.294. The Labute approximate surface area is 167 Å². The monoisotopic (exact) mass is 430 g/mol. The van der Waals surface area contributed by atoms with E-state index >= 15 is 0 Å². The van der Waals surface area contributed by atoms with Crippen LogP contribution in [-0.4, -0.2) is 51.7 Å². The number of nitrogens with zero attached hydrogens (tertiary/aromatic N) is 4. The lowest BCUT2D eigenvalue weighted by molar-refractivity contribution is -0.138. The van der Waals surface area contributed by atoms with Crippen LogP contribution in [0.5, 0.6) is 0 Å². The first-order chi connectivity index (χ1) is 13.6. The largest absolute Gasteiger partial charge is 0.405 e. The van der Waals surface area contributed by atoms with Crippen molar-refractivity contribution < 1.29 is 22.4 Å². The molecule has 3 aromatic rings. The summed E-state index contributed by atoms with van der Waals surface area (Å²) in [6.07, 6.45) is -0.599. The van der Waals surface area contributed by atoms with E-state index in [2.05, 4.69) is 19.9 Å². The van der Waals surface area contributed by atoms with Crippen LogP contribution in [0.3, 0.4) is 0 Å². The van der Waals surface area contributed by atoms with Gasteiger partial charge in [-0.15, -0.1) is 0 Å². The van der Waals surface area contributed by atoms with E-state index < -0.39 is 30.5 Å². The maximum absolute atomic E-state index is 14.3. The number of aromatic nitrogens is 4. The van der Waals surface area contributed by atoms with E-state index in [0.29, 0.717) is 21.6 Å². The number of carbonyl (C=O) groups excluding carboxylic acids is 1. The van der Waals surface area contributed by atoms with Crippen molar-refractivity contribution in [1.82, 2.24) is 25.3 Å². The Balaban J connectivity index is 1.90. The van der Waals surface area contributed by atoms with Crippen molar-refractivity contribution in [2.45, 2.75) is 19.1 Å². The van der Waals surface area contributed by atoms with Crippen molar-refractivity contribution in [2.24, 2.45) is 0 Å². The third-order valence-electron chi connectivity index (χ3n) is 4.22. The van der Waals surface area contributed by atoms with Gasteiger partial charge in [-0.05, 0) is 13.0 Å². The standard InChI is InChI=1S/C17H15ClF4N6O/c1-8(16(29)26-7-17(20,21)22)28(2)15-12(19)6-25-14(27-15)11-5-24-13-10(11)3-9(18)4-23-13/h3-6,8H,7H2,1-2H3,(H,23,24)(H,26,29)/t8-/m1/s1. The van der Waals surface area contributed by atoms with Crippen LogP contribution in [0.25, 0.3) is 22.4 Å². The Hall–Kier alpha value is -2.95. The highest BCUT2D eigenvalue weighted by molar-refractivity contribution is 6.31. The molecule has 12 heteroatoms. The third kappa shape index (κ3) is 4.56. The van der Waals surface area contributed by atoms with Gasteiger partial charge in [0.05, 0.1) is 11.2 Å². The van der Waals surface area contributed by atoms with Gasteiger partial charge in [0.1, 0.15) is 18.2 Å². The maximum Gasteiger partial charge on any atom is 0.405 e. The predicted octanol–water partition coefficient (Wildman–Crippen LogP) is 3.32. The SMILES string of the molecule is C[C@H](C(=O)NCC(F)(F)F)N(C)c1nc(-c2c[nH]c3ncc(Cl)cc23)ncc1F. The molecule has 0 spiro atoms. The summed E-state index contributed by atoms with van der Waals surface area (Å²) in [5, 5.41) is 2.75. The summed E-state index contributed by atoms with van der Waals surface area (Å²) in [5.41, 5.74) is 1.02. The molecule has 0 aromatic carbocycles. The van der Waals surface area contributed by atoms with E-state index in [1.807, 2.05) is 0 Å². The lowest BCUT2D eigenvalue weighted by Crippen LogP contribution is -2.46. The van der Waals surface area contributed by atoms with Gasteiger partial charge in [-0.3, -0.25) is 4.79 Å². The first-order valence-electron chi connectivity index (χ1n) is 8.29. The van der Waals surface area contributed by atoms with Crippen molar-refractivity contribution in [3.8, 4) is 11.4 Å². The van der Waals surface area contributed by atoms with E-state index in [-0.39, 0.29) is 11.6 Å². The fourth-order valence-electron chi connectivity index (χ4n) is 2.59. The summed E-state index contributed by atoms with van der Waals surface area (Å²) in [5.74, 6) is -1.87. The number of likely N-dealkylation sites (N-methyl/N-ethyl adjacent to an activating group) is 1. The zero-order valence-corrected chi connectivity index (χ0v) is 15.9. The van der Waals surface area contributed by atoms with Crippen molar-refractivity contribution in [3.63, 3.8) is 0 Å². The van der Waals surface area contributed by atoms with Crippen LogP contribution in [0.4, 0.5) is 23.4 Å². The molecule has 1 amide bonds. The second-order valence-electron chi connectivity index (χ2n) is 6.24. The molecule has 3 aromatic heterocycles. The Morgan fingerprint density at radius 1 is 1.34 bits per heavy atom. The van der Waals surface area contributed by atoms with Crippen LogP contribution >= 0.6 is 11.6 Å². The van der Waals surface area contributed by atoms with Gasteiger partial charge in [0.15, 0.2) is 17.5 Å². The molecule has 0 unspecified atom stereocenters. The topological polar surface area (TPSA) is 86.8 Å². The van der Waals surface area contributed by atoms with Crippen LogP contribution < -0.4 is 10.2 Å². The number of alkyl halides is 3. The average molecular weight is 431 g/mol. The molecule has 0 aliphatic heterocycles. The quantitative estimate of drug-likeness (QED) is 0.606. The Morgan fingerprint density at radius 3 is 2.76 bits per heavy atom. The first kappa shape index (κ1) is 20.8. The van der Waals surface area contributed by atoms with Crippen LogP contribution in [-0.2, 0) is 4.79 Å². The van der Waals surface area contributed by atoms with E-state index in [9.17, 15) is 22.4 Å². The van der Waals surface area contributed by atoms with Gasteiger partial charge in [0.25, 0.3) is 0 Å². The predicted molar refractivity (Wildman–Crippen MR) is 99.0 cm³/mol. The summed E-state index contributed by atoms with van der Waals surface area (Å²) in [7, 11) is 1.35. The molecule has 0 fully saturated rings. The summed E-state index contributed by atoms with van der Waals surface area (Å²) in [4.78, 5) is 28.3. The van der Waals surface area contributed by atoms with Gasteiger partial charge in [0.2, 0.25) is 5.91 Å². The molecule has 29 heavy (non-hydrogen) atoms. The highest BCUT2D eigenvalue weighted by atomic mass is 35.5. The van der Waals surface area contributed by atoms with Gasteiger partial charge >= 0.3 is 6.18 Å². The van der Waals surface area contributed by atoms with Crippen molar-refractivity contribution in [3.05, 3.63) is 35.5 Å². The summed E-state index contributed by atoms with van der Waals surface area (Å²) in [6.45, 7) is -0.146. The maximum atomic E-state index is 14.3. The lowest BCUT2D eigenvalue weighted by Gasteiger charge is -2.25. The average Bonchev–Trinajstić information content (AvgIpc) is 3.07. The highest BCUT2D eigenvalue weighted by Crippen LogP contribution is 2.29. The molecule has 7 nitrogen and oxygen atoms in total. The minimum Gasteiger partial charge on any atom is -0.345 e. The number of H-pyrrole nitrogens is 1. The number of amides is 1. The molecular formula is C17H15ClF4N6O. The van der Waals surface area contributed by atoms with E-state index in [1.54, 1.807) is 17.6 Å². The molecule has 0 bridgehead atoms. The van der Waals surface area contributed by atoms with Crippen molar-refractivity contribution in [2.75, 3.05) is 18.5 Å². The number of aromatic amines is 1. The molecule has 3 heterocycles. The van der Waals surface area contributed by atoms with Gasteiger partial charge in [-0.1, -0.05) is 11.6 Å². The lowest BCUT2D eigenvalue weighted by atomic mass is 10.2. The van der Waals surface area contributed by atoms with Crippen molar-refractivity contribution in [1.29, 1.82) is 0 Å². The van der Waals surface area contributed by atoms with E-state index in [4.69, 9.17) is 11.6 Å². The number of halogens is 5. The van der Waals surface area contributed by atoms with Gasteiger partial charge < -0.3 is 15.2 Å². The Morgan fingerprint density at radius 2 is 2.07 bits per heavy atom. The molecule has 3 rings (SSSR count). The summed E-state index contributed by atoms with van der Waals surface area (Å²) in [6, 6.07) is 0.521. The van der Waals surface area contributed by atoms with Crippen molar-refractivity contribution >= 4 is 34.4 Å². The number of rotatable bonds is 5. The van der Waals surface area contributed by atoms with Crippen LogP contribution in [0.15, 0.2) is 24.7 Å². The summed E-state index contributed by atoms with van der Waals surface area (Å²) < 4.78 is 51.2. The zero-order valence-electron chi connectivity index (χ0n) is 15.2. The molecule has 0 saturated carbocycles. The number of anilines is 1. The molecule has 0 saturated heterocycles.